The summed E-state index contributed by atoms with van der Waals surface area (Å²) in [6.07, 6.45) is 1.93. The molecule has 2 aromatic rings. The van der Waals surface area contributed by atoms with Gasteiger partial charge in [0.05, 0.1) is 9.83 Å². The van der Waals surface area contributed by atoms with Crippen LogP contribution < -0.4 is 11.1 Å². The van der Waals surface area contributed by atoms with Gasteiger partial charge in [-0.3, -0.25) is 4.79 Å². The van der Waals surface area contributed by atoms with E-state index < -0.39 is 0 Å². The zero-order valence-corrected chi connectivity index (χ0v) is 13.3. The average Bonchev–Trinajstić information content (AvgIpc) is 2.80. The van der Waals surface area contributed by atoms with E-state index in [1.807, 2.05) is 30.3 Å². The van der Waals surface area contributed by atoms with Crippen molar-refractivity contribution in [1.82, 2.24) is 5.32 Å². The van der Waals surface area contributed by atoms with Crippen LogP contribution in [0.4, 0.5) is 0 Å². The summed E-state index contributed by atoms with van der Waals surface area (Å²) < 4.78 is 1.07. The van der Waals surface area contributed by atoms with Gasteiger partial charge in [0.25, 0.3) is 5.91 Å². The SMILES string of the molecule is NC(c1ccc2c(c1)C(=O)NCCC2)c1ccc(Br)s1. The fourth-order valence-electron chi connectivity index (χ4n) is 2.45. The number of nitrogens with two attached hydrogens (primary N) is 1. The van der Waals surface area contributed by atoms with E-state index in [9.17, 15) is 4.79 Å². The Balaban J connectivity index is 1.97. The summed E-state index contributed by atoms with van der Waals surface area (Å²) >= 11 is 5.08. The summed E-state index contributed by atoms with van der Waals surface area (Å²) in [5.41, 5.74) is 9.17. The van der Waals surface area contributed by atoms with E-state index in [0.29, 0.717) is 0 Å². The number of hydrogen-bond donors (Lipinski definition) is 2. The number of amides is 1. The van der Waals surface area contributed by atoms with Gasteiger partial charge in [-0.05, 0) is 58.1 Å². The first kappa shape index (κ1) is 13.8. The highest BCUT2D eigenvalue weighted by atomic mass is 79.9. The smallest absolute Gasteiger partial charge is 0.251 e. The molecule has 20 heavy (non-hydrogen) atoms. The predicted octanol–water partition coefficient (Wildman–Crippen LogP) is 3.23. The fraction of sp³-hybridized carbons (Fsp3) is 0.267. The Morgan fingerprint density at radius 3 is 2.90 bits per heavy atom. The van der Waals surface area contributed by atoms with Gasteiger partial charge >= 0.3 is 0 Å². The zero-order chi connectivity index (χ0) is 14.1. The highest BCUT2D eigenvalue weighted by molar-refractivity contribution is 9.11. The molecule has 2 heterocycles. The van der Waals surface area contributed by atoms with E-state index in [1.165, 1.54) is 0 Å². The molecule has 1 aliphatic heterocycles. The number of thiophene rings is 1. The van der Waals surface area contributed by atoms with Crippen LogP contribution in [0.5, 0.6) is 0 Å². The molecule has 0 saturated heterocycles. The first-order chi connectivity index (χ1) is 9.65. The van der Waals surface area contributed by atoms with Crippen molar-refractivity contribution < 1.29 is 4.79 Å². The largest absolute Gasteiger partial charge is 0.352 e. The molecule has 0 spiro atoms. The molecule has 0 aliphatic carbocycles. The zero-order valence-electron chi connectivity index (χ0n) is 10.9. The number of nitrogens with one attached hydrogen (secondary N) is 1. The normalized spacial score (nSPS) is 16.2. The first-order valence-electron chi connectivity index (χ1n) is 6.57. The van der Waals surface area contributed by atoms with Crippen molar-refractivity contribution in [2.45, 2.75) is 18.9 Å². The van der Waals surface area contributed by atoms with Gasteiger partial charge in [-0.15, -0.1) is 11.3 Å². The van der Waals surface area contributed by atoms with Crippen LogP contribution >= 0.6 is 27.3 Å². The quantitative estimate of drug-likeness (QED) is 0.873. The molecule has 3 nitrogen and oxygen atoms in total. The van der Waals surface area contributed by atoms with Gasteiger partial charge in [0.1, 0.15) is 0 Å². The summed E-state index contributed by atoms with van der Waals surface area (Å²) in [6, 6.07) is 9.84. The minimum Gasteiger partial charge on any atom is -0.352 e. The molecule has 1 aromatic carbocycles. The minimum absolute atomic E-state index is 0.0129. The topological polar surface area (TPSA) is 55.1 Å². The Morgan fingerprint density at radius 1 is 1.30 bits per heavy atom. The highest BCUT2D eigenvalue weighted by Crippen LogP contribution is 2.30. The Kier molecular flexibility index (Phi) is 3.92. The number of halogens is 1. The maximum atomic E-state index is 12.1. The average molecular weight is 351 g/mol. The number of carbonyl (C=O) groups is 1. The number of aryl methyl sites for hydroxylation is 1. The van der Waals surface area contributed by atoms with Gasteiger partial charge in [0, 0.05) is 17.0 Å². The summed E-state index contributed by atoms with van der Waals surface area (Å²) in [7, 11) is 0. The van der Waals surface area contributed by atoms with Crippen LogP contribution in [0.3, 0.4) is 0 Å². The monoisotopic (exact) mass is 350 g/mol. The molecule has 1 unspecified atom stereocenters. The Bertz CT molecular complexity index is 653. The summed E-state index contributed by atoms with van der Waals surface area (Å²) in [6.45, 7) is 0.743. The lowest BCUT2D eigenvalue weighted by molar-refractivity contribution is 0.0956. The molecule has 1 atom stereocenters. The molecular weight excluding hydrogens is 336 g/mol. The predicted molar refractivity (Wildman–Crippen MR) is 85.1 cm³/mol. The Hall–Kier alpha value is -1.17. The van der Waals surface area contributed by atoms with Crippen molar-refractivity contribution in [1.29, 1.82) is 0 Å². The van der Waals surface area contributed by atoms with Crippen molar-refractivity contribution in [3.8, 4) is 0 Å². The maximum absolute atomic E-state index is 12.1. The Morgan fingerprint density at radius 2 is 2.15 bits per heavy atom. The van der Waals surface area contributed by atoms with E-state index in [0.717, 1.165) is 44.7 Å². The second kappa shape index (κ2) is 5.68. The second-order valence-corrected chi connectivity index (χ2v) is 7.39. The number of hydrogen-bond acceptors (Lipinski definition) is 3. The first-order valence-corrected chi connectivity index (χ1v) is 8.18. The molecule has 0 saturated carbocycles. The molecule has 5 heteroatoms. The fourth-order valence-corrected chi connectivity index (χ4v) is 3.91. The third-order valence-corrected chi connectivity index (χ3v) is 5.25. The lowest BCUT2D eigenvalue weighted by atomic mass is 9.97. The van der Waals surface area contributed by atoms with Crippen molar-refractivity contribution >= 4 is 33.2 Å². The molecule has 0 radical (unpaired) electrons. The van der Waals surface area contributed by atoms with Gasteiger partial charge in [-0.25, -0.2) is 0 Å². The standard InChI is InChI=1S/C15H15BrN2OS/c16-13-6-5-12(20-13)14(17)10-4-3-9-2-1-7-18-15(19)11(9)8-10/h3-6,8,14H,1-2,7,17H2,(H,18,19). The van der Waals surface area contributed by atoms with Crippen LogP contribution in [0.2, 0.25) is 0 Å². The Labute approximate surface area is 130 Å². The van der Waals surface area contributed by atoms with Crippen LogP contribution in [0.25, 0.3) is 0 Å². The molecule has 1 aliphatic rings. The summed E-state index contributed by atoms with van der Waals surface area (Å²) in [5, 5.41) is 2.93. The van der Waals surface area contributed by atoms with Crippen LogP contribution in [0.15, 0.2) is 34.1 Å². The van der Waals surface area contributed by atoms with E-state index in [1.54, 1.807) is 11.3 Å². The number of fused-ring (bicyclic) bond motifs is 1. The lowest BCUT2D eigenvalue weighted by Gasteiger charge is -2.13. The molecule has 1 aromatic heterocycles. The number of carbonyl (C=O) groups excluding carboxylic acids is 1. The van der Waals surface area contributed by atoms with Crippen molar-refractivity contribution in [2.75, 3.05) is 6.54 Å². The molecule has 1 amide bonds. The maximum Gasteiger partial charge on any atom is 0.251 e. The van der Waals surface area contributed by atoms with E-state index >= 15 is 0 Å². The van der Waals surface area contributed by atoms with Gasteiger partial charge in [0.2, 0.25) is 0 Å². The van der Waals surface area contributed by atoms with Crippen LogP contribution in [-0.2, 0) is 6.42 Å². The molecule has 0 bridgehead atoms. The van der Waals surface area contributed by atoms with Gasteiger partial charge in [-0.2, -0.15) is 0 Å². The third kappa shape index (κ3) is 2.66. The summed E-state index contributed by atoms with van der Waals surface area (Å²) in [4.78, 5) is 13.2. The van der Waals surface area contributed by atoms with Gasteiger partial charge < -0.3 is 11.1 Å². The second-order valence-electron chi connectivity index (χ2n) is 4.90. The minimum atomic E-state index is -0.187. The number of rotatable bonds is 2. The van der Waals surface area contributed by atoms with Gasteiger partial charge in [-0.1, -0.05) is 12.1 Å². The molecule has 3 N–H and O–H groups in total. The van der Waals surface area contributed by atoms with E-state index in [-0.39, 0.29) is 11.9 Å². The molecule has 0 fully saturated rings. The highest BCUT2D eigenvalue weighted by Gasteiger charge is 2.18. The van der Waals surface area contributed by atoms with Crippen LogP contribution in [0.1, 0.15) is 38.8 Å². The summed E-state index contributed by atoms with van der Waals surface area (Å²) in [5.74, 6) is 0.0129. The van der Waals surface area contributed by atoms with Crippen molar-refractivity contribution in [2.24, 2.45) is 5.73 Å². The lowest BCUT2D eigenvalue weighted by Crippen LogP contribution is -2.23. The third-order valence-electron chi connectivity index (χ3n) is 3.55. The van der Waals surface area contributed by atoms with E-state index in [4.69, 9.17) is 5.73 Å². The van der Waals surface area contributed by atoms with Crippen LogP contribution in [-0.4, -0.2) is 12.5 Å². The van der Waals surface area contributed by atoms with E-state index in [2.05, 4.69) is 21.2 Å². The van der Waals surface area contributed by atoms with Crippen molar-refractivity contribution in [3.63, 3.8) is 0 Å². The van der Waals surface area contributed by atoms with Crippen LogP contribution in [0, 0.1) is 0 Å². The molecule has 3 rings (SSSR count). The number of benzene rings is 1. The molecular formula is C15H15BrN2OS. The molecule has 104 valence electrons. The van der Waals surface area contributed by atoms with Gasteiger partial charge in [0.15, 0.2) is 0 Å². The van der Waals surface area contributed by atoms with Crippen molar-refractivity contribution in [3.05, 3.63) is 55.7 Å².